The van der Waals surface area contributed by atoms with Crippen LogP contribution in [0.3, 0.4) is 0 Å². The maximum atomic E-state index is 11.3. The van der Waals surface area contributed by atoms with Crippen LogP contribution in [-0.2, 0) is 17.8 Å². The summed E-state index contributed by atoms with van der Waals surface area (Å²) in [4.78, 5) is 18.0. The van der Waals surface area contributed by atoms with Crippen molar-refractivity contribution in [3.63, 3.8) is 0 Å². The zero-order valence-electron chi connectivity index (χ0n) is 11.6. The van der Waals surface area contributed by atoms with Crippen molar-refractivity contribution in [2.75, 3.05) is 6.54 Å². The summed E-state index contributed by atoms with van der Waals surface area (Å²) in [5.41, 5.74) is 1.02. The summed E-state index contributed by atoms with van der Waals surface area (Å²) in [5, 5.41) is 12.6. The number of aromatic nitrogens is 1. The van der Waals surface area contributed by atoms with Crippen LogP contribution < -0.4 is 0 Å². The Kier molecular flexibility index (Phi) is 4.93. The predicted octanol–water partition coefficient (Wildman–Crippen LogP) is 2.78. The molecule has 1 aliphatic heterocycles. The minimum atomic E-state index is -0.699. The molecule has 0 saturated carbocycles. The Labute approximate surface area is 118 Å². The van der Waals surface area contributed by atoms with Gasteiger partial charge in [0.2, 0.25) is 0 Å². The van der Waals surface area contributed by atoms with Gasteiger partial charge in [-0.3, -0.25) is 9.69 Å². The zero-order chi connectivity index (χ0) is 13.8. The Morgan fingerprint density at radius 2 is 2.42 bits per heavy atom. The van der Waals surface area contributed by atoms with E-state index < -0.39 is 5.97 Å². The highest BCUT2D eigenvalue weighted by Gasteiger charge is 2.31. The second-order valence-corrected chi connectivity index (χ2v) is 6.38. The Bertz CT molecular complexity index is 433. The standard InChI is InChI=1S/C14H22N2O2S/c1-3-4-13-15-11(9-19-13)8-16-6-5-10(2)7-12(16)14(17)18/h9-10,12H,3-8H2,1-2H3,(H,17,18). The lowest BCUT2D eigenvalue weighted by molar-refractivity contribution is -0.145. The zero-order valence-corrected chi connectivity index (χ0v) is 12.4. The lowest BCUT2D eigenvalue weighted by Gasteiger charge is -2.35. The van der Waals surface area contributed by atoms with Crippen LogP contribution >= 0.6 is 11.3 Å². The molecule has 0 amide bonds. The van der Waals surface area contributed by atoms with E-state index in [2.05, 4.69) is 29.1 Å². The van der Waals surface area contributed by atoms with Crippen molar-refractivity contribution >= 4 is 17.3 Å². The third-order valence-electron chi connectivity index (χ3n) is 3.69. The van der Waals surface area contributed by atoms with Crippen molar-refractivity contribution in [3.05, 3.63) is 16.1 Å². The fourth-order valence-corrected chi connectivity index (χ4v) is 3.49. The van der Waals surface area contributed by atoms with Crippen LogP contribution in [0.5, 0.6) is 0 Å². The molecule has 0 bridgehead atoms. The number of nitrogens with zero attached hydrogens (tertiary/aromatic N) is 2. The predicted molar refractivity (Wildman–Crippen MR) is 76.3 cm³/mol. The number of piperidine rings is 1. The first-order valence-corrected chi connectivity index (χ1v) is 7.88. The summed E-state index contributed by atoms with van der Waals surface area (Å²) in [6.45, 7) is 5.81. The smallest absolute Gasteiger partial charge is 0.320 e. The van der Waals surface area contributed by atoms with Crippen LogP contribution in [0.2, 0.25) is 0 Å². The summed E-state index contributed by atoms with van der Waals surface area (Å²) in [6.07, 6.45) is 3.95. The molecular weight excluding hydrogens is 260 g/mol. The molecule has 0 radical (unpaired) electrons. The summed E-state index contributed by atoms with van der Waals surface area (Å²) in [7, 11) is 0. The van der Waals surface area contributed by atoms with Crippen LogP contribution in [0, 0.1) is 5.92 Å². The molecule has 2 heterocycles. The van der Waals surface area contributed by atoms with E-state index in [0.29, 0.717) is 12.5 Å². The number of carbonyl (C=O) groups is 1. The molecule has 0 aliphatic carbocycles. The van der Waals surface area contributed by atoms with E-state index in [1.54, 1.807) is 11.3 Å². The van der Waals surface area contributed by atoms with Crippen LogP contribution in [0.4, 0.5) is 0 Å². The van der Waals surface area contributed by atoms with E-state index >= 15 is 0 Å². The average Bonchev–Trinajstić information content (AvgIpc) is 2.79. The minimum absolute atomic E-state index is 0.347. The van der Waals surface area contributed by atoms with Crippen molar-refractivity contribution in [1.29, 1.82) is 0 Å². The molecule has 1 aromatic heterocycles. The number of hydrogen-bond acceptors (Lipinski definition) is 4. The number of aliphatic carboxylic acids is 1. The molecule has 2 unspecified atom stereocenters. The Balaban J connectivity index is 2.01. The molecule has 1 saturated heterocycles. The summed E-state index contributed by atoms with van der Waals surface area (Å²) in [6, 6.07) is -0.347. The van der Waals surface area contributed by atoms with Gasteiger partial charge in [-0.1, -0.05) is 13.8 Å². The van der Waals surface area contributed by atoms with E-state index in [1.165, 1.54) is 0 Å². The third-order valence-corrected chi connectivity index (χ3v) is 4.65. The number of carboxylic acids is 1. The summed E-state index contributed by atoms with van der Waals surface area (Å²) in [5.74, 6) is -0.195. The van der Waals surface area contributed by atoms with Gasteiger partial charge in [-0.15, -0.1) is 11.3 Å². The van der Waals surface area contributed by atoms with E-state index in [-0.39, 0.29) is 6.04 Å². The normalized spacial score (nSPS) is 24.5. The maximum Gasteiger partial charge on any atom is 0.320 e. The molecule has 2 rings (SSSR count). The van der Waals surface area contributed by atoms with Gasteiger partial charge < -0.3 is 5.11 Å². The second-order valence-electron chi connectivity index (χ2n) is 5.44. The Hall–Kier alpha value is -0.940. The molecule has 0 aromatic carbocycles. The van der Waals surface area contributed by atoms with E-state index in [4.69, 9.17) is 0 Å². The Morgan fingerprint density at radius 3 is 3.11 bits per heavy atom. The van der Waals surface area contributed by atoms with Crippen molar-refractivity contribution in [3.8, 4) is 0 Å². The molecular formula is C14H22N2O2S. The van der Waals surface area contributed by atoms with Crippen LogP contribution in [0.1, 0.15) is 43.8 Å². The number of likely N-dealkylation sites (tertiary alicyclic amines) is 1. The number of carboxylic acid groups (broad SMARTS) is 1. The second kappa shape index (κ2) is 6.48. The minimum Gasteiger partial charge on any atom is -0.480 e. The van der Waals surface area contributed by atoms with Crippen molar-refractivity contribution < 1.29 is 9.90 Å². The molecule has 19 heavy (non-hydrogen) atoms. The third kappa shape index (κ3) is 3.76. The molecule has 4 nitrogen and oxygen atoms in total. The SMILES string of the molecule is CCCc1nc(CN2CCC(C)CC2C(=O)O)cs1. The van der Waals surface area contributed by atoms with E-state index in [0.717, 1.165) is 42.9 Å². The first-order valence-electron chi connectivity index (χ1n) is 7.00. The highest BCUT2D eigenvalue weighted by molar-refractivity contribution is 7.09. The number of hydrogen-bond donors (Lipinski definition) is 1. The monoisotopic (exact) mass is 282 g/mol. The maximum absolute atomic E-state index is 11.3. The van der Waals surface area contributed by atoms with Crippen LogP contribution in [-0.4, -0.2) is 33.5 Å². The molecule has 2 atom stereocenters. The van der Waals surface area contributed by atoms with Gasteiger partial charge >= 0.3 is 5.97 Å². The van der Waals surface area contributed by atoms with Gasteiger partial charge in [-0.2, -0.15) is 0 Å². The van der Waals surface area contributed by atoms with Gasteiger partial charge in [0, 0.05) is 11.9 Å². The number of aryl methyl sites for hydroxylation is 1. The van der Waals surface area contributed by atoms with Gasteiger partial charge in [0.25, 0.3) is 0 Å². The molecule has 0 spiro atoms. The lowest BCUT2D eigenvalue weighted by Crippen LogP contribution is -2.46. The fraction of sp³-hybridized carbons (Fsp3) is 0.714. The topological polar surface area (TPSA) is 53.4 Å². The first-order chi connectivity index (χ1) is 9.10. The summed E-state index contributed by atoms with van der Waals surface area (Å²) < 4.78 is 0. The number of rotatable bonds is 5. The highest BCUT2D eigenvalue weighted by Crippen LogP contribution is 2.25. The molecule has 5 heteroatoms. The Morgan fingerprint density at radius 1 is 1.63 bits per heavy atom. The van der Waals surface area contributed by atoms with Crippen LogP contribution in [0.25, 0.3) is 0 Å². The fourth-order valence-electron chi connectivity index (χ4n) is 2.59. The van der Waals surface area contributed by atoms with Crippen molar-refractivity contribution in [1.82, 2.24) is 9.88 Å². The van der Waals surface area contributed by atoms with Crippen molar-refractivity contribution in [2.45, 2.75) is 52.1 Å². The molecule has 1 N–H and O–H groups in total. The lowest BCUT2D eigenvalue weighted by atomic mass is 9.92. The quantitative estimate of drug-likeness (QED) is 0.902. The van der Waals surface area contributed by atoms with E-state index in [1.807, 2.05) is 0 Å². The van der Waals surface area contributed by atoms with Crippen LogP contribution in [0.15, 0.2) is 5.38 Å². The van der Waals surface area contributed by atoms with Gasteiger partial charge in [0.05, 0.1) is 10.7 Å². The average molecular weight is 282 g/mol. The number of thiazole rings is 1. The molecule has 1 aromatic rings. The largest absolute Gasteiger partial charge is 0.480 e. The highest BCUT2D eigenvalue weighted by atomic mass is 32.1. The van der Waals surface area contributed by atoms with E-state index in [9.17, 15) is 9.90 Å². The van der Waals surface area contributed by atoms with Gasteiger partial charge in [-0.05, 0) is 38.1 Å². The van der Waals surface area contributed by atoms with Gasteiger partial charge in [-0.25, -0.2) is 4.98 Å². The summed E-state index contributed by atoms with van der Waals surface area (Å²) >= 11 is 1.69. The van der Waals surface area contributed by atoms with Gasteiger partial charge in [0.15, 0.2) is 0 Å². The molecule has 1 fully saturated rings. The molecule has 1 aliphatic rings. The van der Waals surface area contributed by atoms with Crippen molar-refractivity contribution in [2.24, 2.45) is 5.92 Å². The first kappa shape index (κ1) is 14.5. The molecule has 106 valence electrons. The van der Waals surface area contributed by atoms with Gasteiger partial charge in [0.1, 0.15) is 6.04 Å².